The lowest BCUT2D eigenvalue weighted by molar-refractivity contribution is 0.242. The number of rotatable bonds is 5. The maximum Gasteiger partial charge on any atom is 0.243 e. The van der Waals surface area contributed by atoms with Crippen LogP contribution in [0.5, 0.6) is 5.75 Å². The van der Waals surface area contributed by atoms with E-state index in [1.807, 2.05) is 13.8 Å². The topological polar surface area (TPSA) is 70.4 Å². The van der Waals surface area contributed by atoms with Crippen molar-refractivity contribution in [3.8, 4) is 11.8 Å². The molecule has 0 amide bonds. The Morgan fingerprint density at radius 3 is 2.33 bits per heavy atom. The third-order valence-electron chi connectivity index (χ3n) is 2.20. The largest absolute Gasteiger partial charge is 0.491 e. The molecule has 1 aromatic rings. The summed E-state index contributed by atoms with van der Waals surface area (Å²) in [5, 5.41) is 8.51. The molecule has 1 aromatic carbocycles. The van der Waals surface area contributed by atoms with Crippen molar-refractivity contribution in [1.82, 2.24) is 4.31 Å². The van der Waals surface area contributed by atoms with Crippen molar-refractivity contribution in [2.45, 2.75) is 24.8 Å². The first-order chi connectivity index (χ1) is 8.37. The molecule has 0 heterocycles. The second-order valence-corrected chi connectivity index (χ2v) is 6.10. The van der Waals surface area contributed by atoms with Crippen LogP contribution in [0.4, 0.5) is 0 Å². The van der Waals surface area contributed by atoms with Crippen LogP contribution < -0.4 is 4.74 Å². The summed E-state index contributed by atoms with van der Waals surface area (Å²) in [6, 6.07) is 7.96. The van der Waals surface area contributed by atoms with Crippen molar-refractivity contribution in [3.63, 3.8) is 0 Å². The molecule has 0 radical (unpaired) electrons. The van der Waals surface area contributed by atoms with Crippen molar-refractivity contribution < 1.29 is 13.2 Å². The van der Waals surface area contributed by atoms with E-state index < -0.39 is 10.0 Å². The van der Waals surface area contributed by atoms with E-state index in [0.29, 0.717) is 5.75 Å². The molecule has 6 heteroatoms. The molecule has 0 N–H and O–H groups in total. The van der Waals surface area contributed by atoms with E-state index in [-0.39, 0.29) is 17.5 Å². The first-order valence-corrected chi connectivity index (χ1v) is 6.92. The number of hydrogen-bond donors (Lipinski definition) is 0. The smallest absolute Gasteiger partial charge is 0.243 e. The lowest BCUT2D eigenvalue weighted by Crippen LogP contribution is -2.27. The lowest BCUT2D eigenvalue weighted by Gasteiger charge is -2.14. The van der Waals surface area contributed by atoms with Gasteiger partial charge in [-0.25, -0.2) is 8.42 Å². The predicted molar refractivity (Wildman–Crippen MR) is 67.6 cm³/mol. The molecular formula is C12H16N2O3S. The highest BCUT2D eigenvalue weighted by Gasteiger charge is 2.20. The molecular weight excluding hydrogens is 252 g/mol. The molecule has 0 spiro atoms. The summed E-state index contributed by atoms with van der Waals surface area (Å²) in [5.74, 6) is 0.617. The van der Waals surface area contributed by atoms with Crippen LogP contribution in [0.25, 0.3) is 0 Å². The van der Waals surface area contributed by atoms with Crippen molar-refractivity contribution >= 4 is 10.0 Å². The fourth-order valence-corrected chi connectivity index (χ4v) is 2.39. The zero-order valence-electron chi connectivity index (χ0n) is 10.6. The molecule has 0 atom stereocenters. The Balaban J connectivity index is 2.95. The van der Waals surface area contributed by atoms with E-state index in [0.717, 1.165) is 4.31 Å². The molecule has 98 valence electrons. The van der Waals surface area contributed by atoms with Crippen LogP contribution >= 0.6 is 0 Å². The zero-order chi connectivity index (χ0) is 13.8. The Bertz CT molecular complexity index is 529. The highest BCUT2D eigenvalue weighted by Crippen LogP contribution is 2.19. The second-order valence-electron chi connectivity index (χ2n) is 4.06. The molecule has 5 nitrogen and oxygen atoms in total. The Hall–Kier alpha value is -1.58. The third-order valence-corrected chi connectivity index (χ3v) is 4.01. The summed E-state index contributed by atoms with van der Waals surface area (Å²) in [7, 11) is -2.22. The molecule has 0 aliphatic rings. The molecule has 0 aliphatic carbocycles. The van der Waals surface area contributed by atoms with Crippen LogP contribution in [-0.4, -0.2) is 32.4 Å². The van der Waals surface area contributed by atoms with Gasteiger partial charge in [-0.1, -0.05) is 0 Å². The van der Waals surface area contributed by atoms with Gasteiger partial charge in [0.2, 0.25) is 10.0 Å². The summed E-state index contributed by atoms with van der Waals surface area (Å²) in [5.41, 5.74) is 0. The Labute approximate surface area is 108 Å². The maximum absolute atomic E-state index is 12.0. The first-order valence-electron chi connectivity index (χ1n) is 5.48. The quantitative estimate of drug-likeness (QED) is 0.761. The fraction of sp³-hybridized carbons (Fsp3) is 0.417. The molecule has 0 bridgehead atoms. The average molecular weight is 268 g/mol. The standard InChI is InChI=1S/C12H16N2O3S/c1-10(2)17-11-4-6-12(7-5-11)18(15,16)14(3)9-8-13/h4-7,10H,9H2,1-3H3. The van der Waals surface area contributed by atoms with Crippen molar-refractivity contribution in [2.24, 2.45) is 0 Å². The number of nitrogens with zero attached hydrogens (tertiary/aromatic N) is 2. The van der Waals surface area contributed by atoms with Gasteiger partial charge in [-0.2, -0.15) is 9.57 Å². The first kappa shape index (κ1) is 14.5. The van der Waals surface area contributed by atoms with Crippen molar-refractivity contribution in [2.75, 3.05) is 13.6 Å². The molecule has 0 unspecified atom stereocenters. The van der Waals surface area contributed by atoms with Gasteiger partial charge in [0.15, 0.2) is 0 Å². The van der Waals surface area contributed by atoms with Gasteiger partial charge < -0.3 is 4.74 Å². The van der Waals surface area contributed by atoms with E-state index in [1.54, 1.807) is 18.2 Å². The fourth-order valence-electron chi connectivity index (χ4n) is 1.33. The van der Waals surface area contributed by atoms with Crippen molar-refractivity contribution in [3.05, 3.63) is 24.3 Å². The molecule has 1 rings (SSSR count). The minimum Gasteiger partial charge on any atom is -0.491 e. The summed E-state index contributed by atoms with van der Waals surface area (Å²) >= 11 is 0. The monoisotopic (exact) mass is 268 g/mol. The number of nitriles is 1. The van der Waals surface area contributed by atoms with E-state index in [4.69, 9.17) is 10.00 Å². The molecule has 0 fully saturated rings. The van der Waals surface area contributed by atoms with E-state index in [1.165, 1.54) is 19.2 Å². The minimum atomic E-state index is -3.59. The van der Waals surface area contributed by atoms with Gasteiger partial charge in [0, 0.05) is 7.05 Å². The number of sulfonamides is 1. The predicted octanol–water partition coefficient (Wildman–Crippen LogP) is 1.62. The molecule has 0 aliphatic heterocycles. The lowest BCUT2D eigenvalue weighted by atomic mass is 10.3. The van der Waals surface area contributed by atoms with Gasteiger partial charge in [-0.15, -0.1) is 0 Å². The van der Waals surface area contributed by atoms with Gasteiger partial charge in [-0.3, -0.25) is 0 Å². The Morgan fingerprint density at radius 1 is 1.33 bits per heavy atom. The normalized spacial score (nSPS) is 11.6. The van der Waals surface area contributed by atoms with Crippen LogP contribution in [0.15, 0.2) is 29.2 Å². The molecule has 0 saturated carbocycles. The highest BCUT2D eigenvalue weighted by atomic mass is 32.2. The van der Waals surface area contributed by atoms with Gasteiger partial charge in [0.25, 0.3) is 0 Å². The van der Waals surface area contributed by atoms with Crippen LogP contribution in [0, 0.1) is 11.3 Å². The van der Waals surface area contributed by atoms with Crippen molar-refractivity contribution in [1.29, 1.82) is 5.26 Å². The molecule has 0 aromatic heterocycles. The SMILES string of the molecule is CC(C)Oc1ccc(S(=O)(=O)N(C)CC#N)cc1. The summed E-state index contributed by atoms with van der Waals surface area (Å²) in [6.07, 6.45) is 0.0359. The van der Waals surface area contributed by atoms with Gasteiger partial charge in [0.05, 0.1) is 17.1 Å². The van der Waals surface area contributed by atoms with E-state index in [9.17, 15) is 8.42 Å². The highest BCUT2D eigenvalue weighted by molar-refractivity contribution is 7.89. The number of benzene rings is 1. The molecule has 18 heavy (non-hydrogen) atoms. The summed E-state index contributed by atoms with van der Waals surface area (Å²) < 4.78 is 30.4. The maximum atomic E-state index is 12.0. The third kappa shape index (κ3) is 3.45. The Morgan fingerprint density at radius 2 is 1.89 bits per heavy atom. The van der Waals surface area contributed by atoms with E-state index >= 15 is 0 Å². The zero-order valence-corrected chi connectivity index (χ0v) is 11.4. The van der Waals surface area contributed by atoms with Crippen LogP contribution in [0.2, 0.25) is 0 Å². The van der Waals surface area contributed by atoms with Gasteiger partial charge in [0.1, 0.15) is 12.3 Å². The van der Waals surface area contributed by atoms with Crippen LogP contribution in [0.1, 0.15) is 13.8 Å². The summed E-state index contributed by atoms with van der Waals surface area (Å²) in [6.45, 7) is 3.61. The van der Waals surface area contributed by atoms with Gasteiger partial charge in [-0.05, 0) is 38.1 Å². The van der Waals surface area contributed by atoms with Gasteiger partial charge >= 0.3 is 0 Å². The molecule has 0 saturated heterocycles. The second kappa shape index (κ2) is 5.85. The average Bonchev–Trinajstić information content (AvgIpc) is 2.29. The van der Waals surface area contributed by atoms with Crippen LogP contribution in [-0.2, 0) is 10.0 Å². The number of ether oxygens (including phenoxy) is 1. The summed E-state index contributed by atoms with van der Waals surface area (Å²) in [4.78, 5) is 0.149. The minimum absolute atomic E-state index is 0.0359. The Kier molecular flexibility index (Phi) is 4.70. The van der Waals surface area contributed by atoms with Crippen LogP contribution in [0.3, 0.4) is 0 Å². The number of hydrogen-bond acceptors (Lipinski definition) is 4. The van der Waals surface area contributed by atoms with E-state index in [2.05, 4.69) is 0 Å².